The molecular formula is C27H31NO4. The first kappa shape index (κ1) is 21.2. The predicted molar refractivity (Wildman–Crippen MR) is 123 cm³/mol. The molecule has 1 heterocycles. The molecule has 0 saturated heterocycles. The van der Waals surface area contributed by atoms with Crippen molar-refractivity contribution in [1.29, 1.82) is 0 Å². The number of hydrogen-bond donors (Lipinski definition) is 2. The SMILES string of the molecule is CCO[C@@H]1OC(C(=O)NC2CC2)=C[C@H](c2ccc3c(c2)Cc2ccccc2-3)[C@H]1CCCO. The Morgan fingerprint density at radius 2 is 1.97 bits per heavy atom. The second kappa shape index (κ2) is 9.08. The Balaban J connectivity index is 1.50. The zero-order chi connectivity index (χ0) is 22.1. The van der Waals surface area contributed by atoms with Crippen LogP contribution in [0.4, 0.5) is 0 Å². The highest BCUT2D eigenvalue weighted by molar-refractivity contribution is 5.92. The van der Waals surface area contributed by atoms with Gasteiger partial charge in [0.25, 0.3) is 5.91 Å². The number of hydrogen-bond acceptors (Lipinski definition) is 4. The van der Waals surface area contributed by atoms with Gasteiger partial charge in [-0.3, -0.25) is 4.79 Å². The van der Waals surface area contributed by atoms with Crippen molar-refractivity contribution in [2.45, 2.75) is 57.3 Å². The van der Waals surface area contributed by atoms with E-state index >= 15 is 0 Å². The van der Waals surface area contributed by atoms with Crippen LogP contribution in [-0.4, -0.2) is 36.6 Å². The lowest BCUT2D eigenvalue weighted by Crippen LogP contribution is -2.39. The smallest absolute Gasteiger partial charge is 0.286 e. The van der Waals surface area contributed by atoms with Crippen LogP contribution in [0.15, 0.2) is 54.3 Å². The van der Waals surface area contributed by atoms with Gasteiger partial charge in [0.1, 0.15) is 0 Å². The second-order valence-corrected chi connectivity index (χ2v) is 9.03. The van der Waals surface area contributed by atoms with E-state index in [0.717, 1.165) is 25.7 Å². The molecule has 0 aromatic heterocycles. The first-order valence-electron chi connectivity index (χ1n) is 11.8. The number of benzene rings is 2. The molecule has 2 aromatic rings. The summed E-state index contributed by atoms with van der Waals surface area (Å²) >= 11 is 0. The number of aliphatic hydroxyl groups is 1. The zero-order valence-corrected chi connectivity index (χ0v) is 18.5. The van der Waals surface area contributed by atoms with E-state index in [2.05, 4.69) is 47.8 Å². The summed E-state index contributed by atoms with van der Waals surface area (Å²) in [5.41, 5.74) is 6.45. The van der Waals surface area contributed by atoms with Crippen LogP contribution in [0.1, 0.15) is 55.2 Å². The highest BCUT2D eigenvalue weighted by Gasteiger charge is 2.39. The molecule has 2 N–H and O–H groups in total. The summed E-state index contributed by atoms with van der Waals surface area (Å²) in [7, 11) is 0. The molecule has 2 aliphatic carbocycles. The highest BCUT2D eigenvalue weighted by atomic mass is 16.7. The average Bonchev–Trinajstić information content (AvgIpc) is 3.54. The monoisotopic (exact) mass is 433 g/mol. The fourth-order valence-corrected chi connectivity index (χ4v) is 5.00. The van der Waals surface area contributed by atoms with Gasteiger partial charge < -0.3 is 19.9 Å². The lowest BCUT2D eigenvalue weighted by molar-refractivity contribution is -0.166. The van der Waals surface area contributed by atoms with Crippen LogP contribution in [0, 0.1) is 5.92 Å². The molecule has 2 aromatic carbocycles. The second-order valence-electron chi connectivity index (χ2n) is 9.03. The Morgan fingerprint density at radius 1 is 1.16 bits per heavy atom. The quantitative estimate of drug-likeness (QED) is 0.556. The molecule has 1 aliphatic heterocycles. The number of rotatable bonds is 8. The Kier molecular flexibility index (Phi) is 6.03. The van der Waals surface area contributed by atoms with E-state index in [1.165, 1.54) is 27.8 Å². The minimum Gasteiger partial charge on any atom is -0.459 e. The number of aliphatic hydroxyl groups excluding tert-OH is 1. The van der Waals surface area contributed by atoms with Gasteiger partial charge in [-0.2, -0.15) is 0 Å². The summed E-state index contributed by atoms with van der Waals surface area (Å²) in [6, 6.07) is 15.5. The van der Waals surface area contributed by atoms with Gasteiger partial charge in [0.15, 0.2) is 5.76 Å². The predicted octanol–water partition coefficient (Wildman–Crippen LogP) is 4.29. The van der Waals surface area contributed by atoms with E-state index in [1.54, 1.807) is 0 Å². The highest BCUT2D eigenvalue weighted by Crippen LogP contribution is 2.43. The summed E-state index contributed by atoms with van der Waals surface area (Å²) in [5, 5.41) is 12.5. The molecular weight excluding hydrogens is 402 g/mol. The van der Waals surface area contributed by atoms with Crippen LogP contribution in [-0.2, 0) is 20.7 Å². The third kappa shape index (κ3) is 4.19. The molecule has 5 heteroatoms. The van der Waals surface area contributed by atoms with Crippen molar-refractivity contribution in [3.05, 3.63) is 71.0 Å². The molecule has 1 saturated carbocycles. The molecule has 5 nitrogen and oxygen atoms in total. The van der Waals surface area contributed by atoms with E-state index in [1.807, 2.05) is 13.0 Å². The van der Waals surface area contributed by atoms with Crippen molar-refractivity contribution in [3.63, 3.8) is 0 Å². The van der Waals surface area contributed by atoms with E-state index in [4.69, 9.17) is 9.47 Å². The Morgan fingerprint density at radius 3 is 2.75 bits per heavy atom. The lowest BCUT2D eigenvalue weighted by atomic mass is 9.80. The minimum absolute atomic E-state index is 0.0131. The molecule has 5 rings (SSSR count). The fraction of sp³-hybridized carbons (Fsp3) is 0.444. The largest absolute Gasteiger partial charge is 0.459 e. The molecule has 0 bridgehead atoms. The first-order valence-corrected chi connectivity index (χ1v) is 11.8. The third-order valence-electron chi connectivity index (χ3n) is 6.75. The number of ether oxygens (including phenoxy) is 2. The van der Waals surface area contributed by atoms with Gasteiger partial charge in [0, 0.05) is 31.1 Å². The van der Waals surface area contributed by atoms with Gasteiger partial charge in [0.2, 0.25) is 6.29 Å². The van der Waals surface area contributed by atoms with Gasteiger partial charge in [-0.05, 0) is 72.9 Å². The van der Waals surface area contributed by atoms with Crippen LogP contribution in [0.5, 0.6) is 0 Å². The molecule has 0 radical (unpaired) electrons. The van der Waals surface area contributed by atoms with Gasteiger partial charge >= 0.3 is 0 Å². The average molecular weight is 434 g/mol. The van der Waals surface area contributed by atoms with E-state index < -0.39 is 6.29 Å². The molecule has 1 fully saturated rings. The maximum Gasteiger partial charge on any atom is 0.286 e. The number of carbonyl (C=O) groups excluding carboxylic acids is 1. The molecule has 0 unspecified atom stereocenters. The van der Waals surface area contributed by atoms with Crippen LogP contribution in [0.25, 0.3) is 11.1 Å². The molecule has 0 spiro atoms. The minimum atomic E-state index is -0.507. The van der Waals surface area contributed by atoms with Crippen molar-refractivity contribution in [2.24, 2.45) is 5.92 Å². The number of amides is 1. The van der Waals surface area contributed by atoms with Crippen molar-refractivity contribution >= 4 is 5.91 Å². The van der Waals surface area contributed by atoms with Crippen molar-refractivity contribution in [2.75, 3.05) is 13.2 Å². The fourth-order valence-electron chi connectivity index (χ4n) is 5.00. The maximum atomic E-state index is 12.8. The summed E-state index contributed by atoms with van der Waals surface area (Å²) in [6.45, 7) is 2.57. The third-order valence-corrected chi connectivity index (χ3v) is 6.75. The number of allylic oxidation sites excluding steroid dienone is 1. The zero-order valence-electron chi connectivity index (χ0n) is 18.5. The number of fused-ring (bicyclic) bond motifs is 3. The van der Waals surface area contributed by atoms with Crippen LogP contribution >= 0.6 is 0 Å². The summed E-state index contributed by atoms with van der Waals surface area (Å²) in [6.07, 6.45) is 5.88. The maximum absolute atomic E-state index is 12.8. The summed E-state index contributed by atoms with van der Waals surface area (Å²) < 4.78 is 12.0. The normalized spacial score (nSPS) is 23.7. The van der Waals surface area contributed by atoms with Crippen molar-refractivity contribution < 1.29 is 19.4 Å². The van der Waals surface area contributed by atoms with Crippen LogP contribution < -0.4 is 5.32 Å². The van der Waals surface area contributed by atoms with Gasteiger partial charge in [-0.15, -0.1) is 0 Å². The summed E-state index contributed by atoms with van der Waals surface area (Å²) in [5.74, 6) is 0.211. The van der Waals surface area contributed by atoms with Crippen molar-refractivity contribution in [1.82, 2.24) is 5.32 Å². The van der Waals surface area contributed by atoms with Gasteiger partial charge in [-0.25, -0.2) is 0 Å². The molecule has 32 heavy (non-hydrogen) atoms. The summed E-state index contributed by atoms with van der Waals surface area (Å²) in [4.78, 5) is 12.8. The number of carbonyl (C=O) groups is 1. The Labute approximate surface area is 189 Å². The van der Waals surface area contributed by atoms with Crippen LogP contribution in [0.3, 0.4) is 0 Å². The molecule has 168 valence electrons. The van der Waals surface area contributed by atoms with E-state index in [0.29, 0.717) is 18.8 Å². The van der Waals surface area contributed by atoms with E-state index in [9.17, 15) is 9.90 Å². The molecule has 3 aliphatic rings. The Hall–Kier alpha value is -2.63. The lowest BCUT2D eigenvalue weighted by Gasteiger charge is -2.37. The van der Waals surface area contributed by atoms with Crippen LogP contribution in [0.2, 0.25) is 0 Å². The van der Waals surface area contributed by atoms with Crippen molar-refractivity contribution in [3.8, 4) is 11.1 Å². The standard InChI is InChI=1S/C27H31NO4/c1-2-31-27-23(8-5-13-29)24(16-25(32-27)26(30)28-20-10-11-20)18-9-12-22-19(15-18)14-17-6-3-4-7-21(17)22/h3-4,6-7,9,12,15-16,20,23-24,27,29H,2,5,8,10-11,13-14H2,1H3,(H,28,30)/t23-,24-,27-/m1/s1. The molecule has 3 atom stereocenters. The first-order chi connectivity index (χ1) is 15.7. The molecule has 1 amide bonds. The Bertz CT molecular complexity index is 1030. The number of nitrogens with one attached hydrogen (secondary N) is 1. The van der Waals surface area contributed by atoms with E-state index in [-0.39, 0.29) is 30.4 Å². The van der Waals surface area contributed by atoms with Gasteiger partial charge in [-0.1, -0.05) is 42.5 Å². The topological polar surface area (TPSA) is 67.8 Å². The van der Waals surface area contributed by atoms with Gasteiger partial charge in [0.05, 0.1) is 0 Å².